The van der Waals surface area contributed by atoms with Gasteiger partial charge < -0.3 is 5.73 Å². The summed E-state index contributed by atoms with van der Waals surface area (Å²) >= 11 is 0. The molecular formula is C13H20FN. The zero-order valence-corrected chi connectivity index (χ0v) is 9.54. The molecule has 0 bridgehead atoms. The predicted molar refractivity (Wildman–Crippen MR) is 62.0 cm³/mol. The van der Waals surface area contributed by atoms with Gasteiger partial charge in [-0.3, -0.25) is 0 Å². The molecule has 1 atom stereocenters. The molecule has 0 aliphatic rings. The molecule has 84 valence electrons. The van der Waals surface area contributed by atoms with Crippen LogP contribution in [0.25, 0.3) is 0 Å². The summed E-state index contributed by atoms with van der Waals surface area (Å²) in [7, 11) is 0. The van der Waals surface area contributed by atoms with Crippen molar-refractivity contribution in [2.24, 2.45) is 11.7 Å². The molecule has 0 aliphatic heterocycles. The molecule has 0 saturated carbocycles. The molecule has 15 heavy (non-hydrogen) atoms. The van der Waals surface area contributed by atoms with E-state index in [-0.39, 0.29) is 11.9 Å². The molecule has 0 amide bonds. The Morgan fingerprint density at radius 1 is 1.13 bits per heavy atom. The lowest BCUT2D eigenvalue weighted by atomic mass is 9.99. The highest BCUT2D eigenvalue weighted by Crippen LogP contribution is 2.18. The number of nitrogens with two attached hydrogens (primary N) is 1. The van der Waals surface area contributed by atoms with Crippen LogP contribution in [-0.4, -0.2) is 0 Å². The van der Waals surface area contributed by atoms with E-state index in [0.717, 1.165) is 24.3 Å². The summed E-state index contributed by atoms with van der Waals surface area (Å²) < 4.78 is 12.7. The van der Waals surface area contributed by atoms with Gasteiger partial charge in [-0.05, 0) is 30.0 Å². The van der Waals surface area contributed by atoms with Gasteiger partial charge in [0.2, 0.25) is 0 Å². The lowest BCUT2D eigenvalue weighted by Crippen LogP contribution is -2.10. The zero-order chi connectivity index (χ0) is 11.3. The monoisotopic (exact) mass is 209 g/mol. The average molecular weight is 209 g/mol. The van der Waals surface area contributed by atoms with Crippen LogP contribution in [0.4, 0.5) is 4.39 Å². The molecule has 1 nitrogen and oxygen atoms in total. The Kier molecular flexibility index (Phi) is 4.76. The first-order valence-electron chi connectivity index (χ1n) is 5.60. The molecular weight excluding hydrogens is 189 g/mol. The van der Waals surface area contributed by atoms with Crippen LogP contribution >= 0.6 is 0 Å². The van der Waals surface area contributed by atoms with Crippen LogP contribution in [0.15, 0.2) is 24.3 Å². The van der Waals surface area contributed by atoms with Gasteiger partial charge in [0.25, 0.3) is 0 Å². The van der Waals surface area contributed by atoms with Crippen LogP contribution < -0.4 is 5.73 Å². The lowest BCUT2D eigenvalue weighted by Gasteiger charge is -2.12. The minimum absolute atomic E-state index is 0.0457. The largest absolute Gasteiger partial charge is 0.324 e. The number of rotatable bonds is 5. The molecule has 1 aromatic carbocycles. The van der Waals surface area contributed by atoms with Crippen LogP contribution in [0.2, 0.25) is 0 Å². The summed E-state index contributed by atoms with van der Waals surface area (Å²) in [5.41, 5.74) is 7.04. The van der Waals surface area contributed by atoms with E-state index in [1.807, 2.05) is 0 Å². The summed E-state index contributed by atoms with van der Waals surface area (Å²) in [4.78, 5) is 0. The molecule has 0 aromatic heterocycles. The minimum atomic E-state index is -0.201. The third-order valence-corrected chi connectivity index (χ3v) is 2.59. The standard InChI is InChI=1S/C13H20FN/c1-10(2)4-3-5-13(15)11-6-8-12(14)9-7-11/h6-10,13H,3-5,15H2,1-2H3. The van der Waals surface area contributed by atoms with Crippen LogP contribution in [0.5, 0.6) is 0 Å². The van der Waals surface area contributed by atoms with Crippen LogP contribution in [0.1, 0.15) is 44.7 Å². The van der Waals surface area contributed by atoms with Gasteiger partial charge in [-0.2, -0.15) is 0 Å². The van der Waals surface area contributed by atoms with E-state index in [1.54, 1.807) is 12.1 Å². The van der Waals surface area contributed by atoms with Crippen molar-refractivity contribution in [2.75, 3.05) is 0 Å². The highest BCUT2D eigenvalue weighted by Gasteiger charge is 2.06. The summed E-state index contributed by atoms with van der Waals surface area (Å²) in [5, 5.41) is 0. The molecule has 0 spiro atoms. The Bertz CT molecular complexity index is 279. The first kappa shape index (κ1) is 12.2. The van der Waals surface area contributed by atoms with Crippen molar-refractivity contribution in [3.05, 3.63) is 35.6 Å². The average Bonchev–Trinajstić information content (AvgIpc) is 2.18. The molecule has 2 heteroatoms. The Balaban J connectivity index is 2.40. The fraction of sp³-hybridized carbons (Fsp3) is 0.538. The van der Waals surface area contributed by atoms with Gasteiger partial charge in [0.1, 0.15) is 5.82 Å². The van der Waals surface area contributed by atoms with E-state index >= 15 is 0 Å². The highest BCUT2D eigenvalue weighted by molar-refractivity contribution is 5.19. The normalized spacial score (nSPS) is 13.1. The number of hydrogen-bond acceptors (Lipinski definition) is 1. The maximum atomic E-state index is 12.7. The molecule has 1 unspecified atom stereocenters. The van der Waals surface area contributed by atoms with Crippen molar-refractivity contribution in [3.63, 3.8) is 0 Å². The molecule has 0 heterocycles. The second kappa shape index (κ2) is 5.86. The van der Waals surface area contributed by atoms with Crippen LogP contribution in [0, 0.1) is 11.7 Å². The molecule has 0 radical (unpaired) electrons. The lowest BCUT2D eigenvalue weighted by molar-refractivity contribution is 0.505. The molecule has 2 N–H and O–H groups in total. The quantitative estimate of drug-likeness (QED) is 0.787. The highest BCUT2D eigenvalue weighted by atomic mass is 19.1. The maximum Gasteiger partial charge on any atom is 0.123 e. The summed E-state index contributed by atoms with van der Waals surface area (Å²) in [6.07, 6.45) is 3.31. The van der Waals surface area contributed by atoms with E-state index in [4.69, 9.17) is 5.73 Å². The Morgan fingerprint density at radius 3 is 2.27 bits per heavy atom. The second-order valence-electron chi connectivity index (χ2n) is 4.48. The fourth-order valence-corrected chi connectivity index (χ4v) is 1.62. The SMILES string of the molecule is CC(C)CCCC(N)c1ccc(F)cc1. The fourth-order valence-electron chi connectivity index (χ4n) is 1.62. The van der Waals surface area contributed by atoms with Gasteiger partial charge in [-0.15, -0.1) is 0 Å². The third-order valence-electron chi connectivity index (χ3n) is 2.59. The Hall–Kier alpha value is -0.890. The predicted octanol–water partition coefficient (Wildman–Crippen LogP) is 3.65. The van der Waals surface area contributed by atoms with Crippen molar-refractivity contribution < 1.29 is 4.39 Å². The minimum Gasteiger partial charge on any atom is -0.324 e. The third kappa shape index (κ3) is 4.43. The number of benzene rings is 1. The van der Waals surface area contributed by atoms with Crippen molar-refractivity contribution in [2.45, 2.75) is 39.2 Å². The summed E-state index contributed by atoms with van der Waals surface area (Å²) in [6.45, 7) is 4.42. The molecule has 0 saturated heterocycles. The van der Waals surface area contributed by atoms with Crippen molar-refractivity contribution in [1.29, 1.82) is 0 Å². The molecule has 1 rings (SSSR count). The van der Waals surface area contributed by atoms with E-state index in [9.17, 15) is 4.39 Å². The Labute approximate surface area is 91.5 Å². The molecule has 1 aromatic rings. The van der Waals surface area contributed by atoms with Crippen molar-refractivity contribution >= 4 is 0 Å². The van der Waals surface area contributed by atoms with Gasteiger partial charge >= 0.3 is 0 Å². The van der Waals surface area contributed by atoms with E-state index in [0.29, 0.717) is 0 Å². The van der Waals surface area contributed by atoms with E-state index < -0.39 is 0 Å². The van der Waals surface area contributed by atoms with Crippen molar-refractivity contribution in [3.8, 4) is 0 Å². The zero-order valence-electron chi connectivity index (χ0n) is 9.54. The topological polar surface area (TPSA) is 26.0 Å². The van der Waals surface area contributed by atoms with Gasteiger partial charge in [0.15, 0.2) is 0 Å². The maximum absolute atomic E-state index is 12.7. The number of halogens is 1. The Morgan fingerprint density at radius 2 is 1.73 bits per heavy atom. The van der Waals surface area contributed by atoms with Crippen LogP contribution in [-0.2, 0) is 0 Å². The van der Waals surface area contributed by atoms with Gasteiger partial charge in [0, 0.05) is 6.04 Å². The first-order chi connectivity index (χ1) is 7.09. The smallest absolute Gasteiger partial charge is 0.123 e. The second-order valence-corrected chi connectivity index (χ2v) is 4.48. The molecule has 0 aliphatic carbocycles. The van der Waals surface area contributed by atoms with E-state index in [1.165, 1.54) is 18.6 Å². The first-order valence-corrected chi connectivity index (χ1v) is 5.60. The van der Waals surface area contributed by atoms with Gasteiger partial charge in [0.05, 0.1) is 0 Å². The van der Waals surface area contributed by atoms with Crippen LogP contribution in [0.3, 0.4) is 0 Å². The number of hydrogen-bond donors (Lipinski definition) is 1. The summed E-state index contributed by atoms with van der Waals surface area (Å²) in [5.74, 6) is 0.526. The summed E-state index contributed by atoms with van der Waals surface area (Å²) in [6, 6.07) is 6.53. The van der Waals surface area contributed by atoms with Gasteiger partial charge in [-0.1, -0.05) is 38.8 Å². The van der Waals surface area contributed by atoms with Crippen molar-refractivity contribution in [1.82, 2.24) is 0 Å². The van der Waals surface area contributed by atoms with E-state index in [2.05, 4.69) is 13.8 Å². The molecule has 0 fully saturated rings. The van der Waals surface area contributed by atoms with Gasteiger partial charge in [-0.25, -0.2) is 4.39 Å².